The van der Waals surface area contributed by atoms with E-state index in [9.17, 15) is 9.50 Å². The number of fused-ring (bicyclic) bond motifs is 1. The number of hydrogen-bond donors (Lipinski definition) is 2. The molecule has 0 atom stereocenters. The van der Waals surface area contributed by atoms with Gasteiger partial charge in [0.2, 0.25) is 18.4 Å². The van der Waals surface area contributed by atoms with Gasteiger partial charge < -0.3 is 20.3 Å². The average Bonchev–Trinajstić information content (AvgIpc) is 2.68. The molecule has 1 fully saturated rings. The van der Waals surface area contributed by atoms with E-state index in [1.54, 1.807) is 6.07 Å². The molecule has 16 heavy (non-hydrogen) atoms. The maximum atomic E-state index is 13.7. The molecule has 0 bridgehead atoms. The second kappa shape index (κ2) is 3.01. The van der Waals surface area contributed by atoms with Crippen LogP contribution in [0.2, 0.25) is 0 Å². The molecule has 0 spiro atoms. The van der Waals surface area contributed by atoms with E-state index in [-0.39, 0.29) is 12.5 Å². The van der Waals surface area contributed by atoms with Gasteiger partial charge in [-0.25, -0.2) is 0 Å². The number of benzene rings is 1. The molecule has 3 N–H and O–H groups in total. The maximum absolute atomic E-state index is 13.7. The summed E-state index contributed by atoms with van der Waals surface area (Å²) >= 11 is 0. The number of phenols is 1. The Hall–Kier alpha value is -1.49. The summed E-state index contributed by atoms with van der Waals surface area (Å²) in [6, 6.07) is 1.58. The maximum Gasteiger partial charge on any atom is 0.231 e. The molecule has 1 aromatic carbocycles. The van der Waals surface area contributed by atoms with Crippen LogP contribution >= 0.6 is 0 Å². The van der Waals surface area contributed by atoms with E-state index in [0.717, 1.165) is 19.3 Å². The number of phenolic OH excluding ortho intramolecular Hbond substituents is 1. The van der Waals surface area contributed by atoms with E-state index in [0.29, 0.717) is 11.3 Å². The van der Waals surface area contributed by atoms with E-state index in [2.05, 4.69) is 0 Å². The number of nitrogens with two attached hydrogens (primary N) is 1. The lowest BCUT2D eigenvalue weighted by Gasteiger charge is -2.38. The van der Waals surface area contributed by atoms with E-state index in [4.69, 9.17) is 15.2 Å². The molecule has 86 valence electrons. The fraction of sp³-hybridized carbons (Fsp3) is 0.455. The predicted molar refractivity (Wildman–Crippen MR) is 53.9 cm³/mol. The summed E-state index contributed by atoms with van der Waals surface area (Å²) in [4.78, 5) is 0. The molecule has 4 nitrogen and oxygen atoms in total. The molecule has 0 radical (unpaired) electrons. The fourth-order valence-corrected chi connectivity index (χ4v) is 2.20. The number of aromatic hydroxyl groups is 1. The smallest absolute Gasteiger partial charge is 0.231 e. The van der Waals surface area contributed by atoms with Gasteiger partial charge in [0, 0.05) is 11.1 Å². The summed E-state index contributed by atoms with van der Waals surface area (Å²) in [6.07, 6.45) is 2.49. The molecule has 2 aliphatic rings. The van der Waals surface area contributed by atoms with Crippen LogP contribution in [0.4, 0.5) is 4.39 Å². The van der Waals surface area contributed by atoms with E-state index >= 15 is 0 Å². The zero-order chi connectivity index (χ0) is 11.3. The van der Waals surface area contributed by atoms with E-state index in [1.165, 1.54) is 0 Å². The Morgan fingerprint density at radius 1 is 1.38 bits per heavy atom. The molecule has 1 aromatic rings. The number of rotatable bonds is 1. The van der Waals surface area contributed by atoms with Gasteiger partial charge in [0.1, 0.15) is 0 Å². The first-order chi connectivity index (χ1) is 7.62. The van der Waals surface area contributed by atoms with Crippen LogP contribution in [0.25, 0.3) is 0 Å². The number of hydrogen-bond acceptors (Lipinski definition) is 4. The monoisotopic (exact) mass is 225 g/mol. The summed E-state index contributed by atoms with van der Waals surface area (Å²) in [5.74, 6) is -0.889. The highest BCUT2D eigenvalue weighted by atomic mass is 19.1. The lowest BCUT2D eigenvalue weighted by molar-refractivity contribution is 0.170. The summed E-state index contributed by atoms with van der Waals surface area (Å²) < 4.78 is 23.8. The first-order valence-corrected chi connectivity index (χ1v) is 5.22. The molecular formula is C11H12FNO3. The van der Waals surface area contributed by atoms with Gasteiger partial charge in [-0.15, -0.1) is 0 Å². The van der Waals surface area contributed by atoms with Gasteiger partial charge in [0.25, 0.3) is 0 Å². The molecular weight excluding hydrogens is 213 g/mol. The topological polar surface area (TPSA) is 64.7 Å². The zero-order valence-corrected chi connectivity index (χ0v) is 8.62. The summed E-state index contributed by atoms with van der Waals surface area (Å²) in [7, 11) is 0. The molecule has 3 rings (SSSR count). The number of ether oxygens (including phenoxy) is 2. The van der Waals surface area contributed by atoms with Gasteiger partial charge in [-0.2, -0.15) is 4.39 Å². The summed E-state index contributed by atoms with van der Waals surface area (Å²) in [6.45, 7) is -0.0211. The quantitative estimate of drug-likeness (QED) is 0.761. The lowest BCUT2D eigenvalue weighted by atomic mass is 9.72. The highest BCUT2D eigenvalue weighted by molar-refractivity contribution is 5.55. The van der Waals surface area contributed by atoms with Gasteiger partial charge in [0.05, 0.1) is 0 Å². The SMILES string of the molecule is NC1(c2cc3c(c(F)c2O)OCO3)CCC1. The van der Waals surface area contributed by atoms with Gasteiger partial charge in [0.15, 0.2) is 11.5 Å². The van der Waals surface area contributed by atoms with Crippen LogP contribution in [0, 0.1) is 5.82 Å². The predicted octanol–water partition coefficient (Wildman–Crippen LogP) is 1.60. The minimum absolute atomic E-state index is 0.0211. The third kappa shape index (κ3) is 1.12. The Kier molecular flexibility index (Phi) is 1.83. The van der Waals surface area contributed by atoms with Crippen LogP contribution < -0.4 is 15.2 Å². The van der Waals surface area contributed by atoms with Crippen molar-refractivity contribution in [2.24, 2.45) is 5.73 Å². The summed E-state index contributed by atoms with van der Waals surface area (Å²) in [5.41, 5.74) is 5.86. The van der Waals surface area contributed by atoms with E-state index < -0.39 is 17.1 Å². The summed E-state index contributed by atoms with van der Waals surface area (Å²) in [5, 5.41) is 9.77. The van der Waals surface area contributed by atoms with Crippen LogP contribution in [-0.2, 0) is 5.54 Å². The van der Waals surface area contributed by atoms with E-state index in [1.807, 2.05) is 0 Å². The van der Waals surface area contributed by atoms with Crippen molar-refractivity contribution in [3.8, 4) is 17.2 Å². The van der Waals surface area contributed by atoms with Crippen LogP contribution in [-0.4, -0.2) is 11.9 Å². The molecule has 0 saturated heterocycles. The molecule has 0 unspecified atom stereocenters. The fourth-order valence-electron chi connectivity index (χ4n) is 2.20. The second-order valence-corrected chi connectivity index (χ2v) is 4.33. The minimum Gasteiger partial charge on any atom is -0.504 e. The third-order valence-corrected chi connectivity index (χ3v) is 3.36. The molecule has 0 amide bonds. The molecule has 1 heterocycles. The highest BCUT2D eigenvalue weighted by Crippen LogP contribution is 2.49. The van der Waals surface area contributed by atoms with Crippen molar-refractivity contribution in [2.45, 2.75) is 24.8 Å². The van der Waals surface area contributed by atoms with Crippen molar-refractivity contribution in [2.75, 3.05) is 6.79 Å². The number of halogens is 1. The normalized spacial score (nSPS) is 20.6. The van der Waals surface area contributed by atoms with Crippen molar-refractivity contribution in [1.29, 1.82) is 0 Å². The van der Waals surface area contributed by atoms with Crippen molar-refractivity contribution >= 4 is 0 Å². The van der Waals surface area contributed by atoms with Crippen molar-refractivity contribution in [3.63, 3.8) is 0 Å². The zero-order valence-electron chi connectivity index (χ0n) is 8.62. The Balaban J connectivity index is 2.16. The van der Waals surface area contributed by atoms with Crippen LogP contribution in [0.5, 0.6) is 17.2 Å². The lowest BCUT2D eigenvalue weighted by Crippen LogP contribution is -2.43. The highest BCUT2D eigenvalue weighted by Gasteiger charge is 2.39. The van der Waals surface area contributed by atoms with Gasteiger partial charge in [-0.3, -0.25) is 0 Å². The van der Waals surface area contributed by atoms with Gasteiger partial charge in [-0.05, 0) is 25.3 Å². The molecule has 1 saturated carbocycles. The average molecular weight is 225 g/mol. The Morgan fingerprint density at radius 2 is 2.12 bits per heavy atom. The van der Waals surface area contributed by atoms with Crippen molar-refractivity contribution < 1.29 is 19.0 Å². The molecule has 0 aromatic heterocycles. The first kappa shape index (κ1) is 9.72. The van der Waals surface area contributed by atoms with Gasteiger partial charge >= 0.3 is 0 Å². The first-order valence-electron chi connectivity index (χ1n) is 5.22. The van der Waals surface area contributed by atoms with Crippen molar-refractivity contribution in [1.82, 2.24) is 0 Å². The Bertz CT molecular complexity index is 457. The van der Waals surface area contributed by atoms with Gasteiger partial charge in [-0.1, -0.05) is 0 Å². The standard InChI is InChI=1S/C11H12FNO3/c12-8-9(14)6(11(13)2-1-3-11)4-7-10(8)16-5-15-7/h4,14H,1-3,5,13H2. The van der Waals surface area contributed by atoms with Crippen LogP contribution in [0.3, 0.4) is 0 Å². The molecule has 1 aliphatic heterocycles. The van der Waals surface area contributed by atoms with Crippen molar-refractivity contribution in [3.05, 3.63) is 17.4 Å². The van der Waals surface area contributed by atoms with Crippen LogP contribution in [0.15, 0.2) is 6.07 Å². The molecule has 5 heteroatoms. The molecule has 1 aliphatic carbocycles. The Morgan fingerprint density at radius 3 is 2.75 bits per heavy atom. The third-order valence-electron chi connectivity index (χ3n) is 3.36. The second-order valence-electron chi connectivity index (χ2n) is 4.33. The minimum atomic E-state index is -0.776. The largest absolute Gasteiger partial charge is 0.504 e. The Labute approximate surface area is 91.8 Å². The van der Waals surface area contributed by atoms with Crippen LogP contribution in [0.1, 0.15) is 24.8 Å².